The van der Waals surface area contributed by atoms with Gasteiger partial charge in [-0.3, -0.25) is 9.69 Å². The third kappa shape index (κ3) is 3.88. The van der Waals surface area contributed by atoms with Gasteiger partial charge >= 0.3 is 5.97 Å². The summed E-state index contributed by atoms with van der Waals surface area (Å²) >= 11 is 5.97. The molecule has 1 aliphatic heterocycles. The molecule has 2 aromatic carbocycles. The highest BCUT2D eigenvalue weighted by Gasteiger charge is 2.61. The predicted molar refractivity (Wildman–Crippen MR) is 107 cm³/mol. The van der Waals surface area contributed by atoms with Gasteiger partial charge in [0.05, 0.1) is 5.41 Å². The van der Waals surface area contributed by atoms with Crippen molar-refractivity contribution in [3.8, 4) is 0 Å². The number of piperazine rings is 1. The van der Waals surface area contributed by atoms with Crippen LogP contribution in [0.4, 0.5) is 0 Å². The largest absolute Gasteiger partial charge is 0.481 e. The van der Waals surface area contributed by atoms with Gasteiger partial charge in [-0.2, -0.15) is 0 Å². The van der Waals surface area contributed by atoms with Crippen molar-refractivity contribution in [3.63, 3.8) is 0 Å². The van der Waals surface area contributed by atoms with Gasteiger partial charge in [0.2, 0.25) is 0 Å². The van der Waals surface area contributed by atoms with E-state index < -0.39 is 11.4 Å². The van der Waals surface area contributed by atoms with Crippen LogP contribution in [0.25, 0.3) is 0 Å². The summed E-state index contributed by atoms with van der Waals surface area (Å²) in [5.74, 6) is -0.533. The summed E-state index contributed by atoms with van der Waals surface area (Å²) in [5.41, 5.74) is 1.50. The molecule has 1 saturated carbocycles. The van der Waals surface area contributed by atoms with Gasteiger partial charge in [-0.15, -0.1) is 0 Å². The molecule has 0 bridgehead atoms. The number of rotatable bonds is 6. The summed E-state index contributed by atoms with van der Waals surface area (Å²) in [7, 11) is 0. The summed E-state index contributed by atoms with van der Waals surface area (Å²) in [5, 5.41) is 10.5. The second kappa shape index (κ2) is 7.63. The van der Waals surface area contributed by atoms with Gasteiger partial charge in [-0.05, 0) is 35.6 Å². The Morgan fingerprint density at radius 3 is 2.26 bits per heavy atom. The molecule has 1 saturated heterocycles. The summed E-state index contributed by atoms with van der Waals surface area (Å²) < 4.78 is 0. The van der Waals surface area contributed by atoms with E-state index in [2.05, 4.69) is 34.1 Å². The number of aliphatic carboxylic acids is 1. The molecule has 1 N–H and O–H groups in total. The Hall–Kier alpha value is -1.88. The van der Waals surface area contributed by atoms with Gasteiger partial charge < -0.3 is 10.0 Å². The molecular weight excluding hydrogens is 360 g/mol. The molecule has 2 aromatic rings. The van der Waals surface area contributed by atoms with Crippen LogP contribution in [0.2, 0.25) is 5.02 Å². The summed E-state index contributed by atoms with van der Waals surface area (Å²) in [6, 6.07) is 17.9. The van der Waals surface area contributed by atoms with Gasteiger partial charge in [0, 0.05) is 44.3 Å². The smallest absolute Gasteiger partial charge is 0.314 e. The van der Waals surface area contributed by atoms with E-state index in [1.54, 1.807) is 12.1 Å². The van der Waals surface area contributed by atoms with Crippen molar-refractivity contribution in [2.45, 2.75) is 18.4 Å². The highest BCUT2D eigenvalue weighted by atomic mass is 35.5. The fourth-order valence-corrected chi connectivity index (χ4v) is 4.45. The lowest BCUT2D eigenvalue weighted by Crippen LogP contribution is -2.47. The van der Waals surface area contributed by atoms with Crippen molar-refractivity contribution < 1.29 is 9.90 Å². The minimum atomic E-state index is -0.730. The average Bonchev–Trinajstić information content (AvgIpc) is 3.40. The second-order valence-corrected chi connectivity index (χ2v) is 8.18. The molecule has 0 amide bonds. The van der Waals surface area contributed by atoms with Crippen LogP contribution in [0.15, 0.2) is 54.6 Å². The molecule has 2 fully saturated rings. The monoisotopic (exact) mass is 384 g/mol. The number of benzene rings is 2. The molecule has 0 radical (unpaired) electrons. The van der Waals surface area contributed by atoms with Crippen LogP contribution in [0, 0.1) is 5.92 Å². The number of carbonyl (C=O) groups is 1. The van der Waals surface area contributed by atoms with Crippen LogP contribution in [-0.4, -0.2) is 53.6 Å². The van der Waals surface area contributed by atoms with Crippen molar-refractivity contribution in [1.29, 1.82) is 0 Å². The molecule has 4 rings (SSSR count). The summed E-state index contributed by atoms with van der Waals surface area (Å²) in [6.07, 6.45) is 0.716. The van der Waals surface area contributed by atoms with Gasteiger partial charge in [0.15, 0.2) is 0 Å². The second-order valence-electron chi connectivity index (χ2n) is 7.75. The number of nitrogens with zero attached hydrogens (tertiary/aromatic N) is 2. The summed E-state index contributed by atoms with van der Waals surface area (Å²) in [6.45, 7) is 5.90. The van der Waals surface area contributed by atoms with E-state index in [1.807, 2.05) is 18.2 Å². The highest BCUT2D eigenvalue weighted by molar-refractivity contribution is 6.30. The maximum absolute atomic E-state index is 12.0. The normalized spacial score (nSPS) is 26.0. The lowest BCUT2D eigenvalue weighted by Gasteiger charge is -2.35. The van der Waals surface area contributed by atoms with E-state index >= 15 is 0 Å². The van der Waals surface area contributed by atoms with Crippen LogP contribution in [-0.2, 0) is 16.8 Å². The number of halogens is 1. The Kier molecular flexibility index (Phi) is 5.22. The number of hydrogen-bond donors (Lipinski definition) is 1. The Morgan fingerprint density at radius 1 is 1.00 bits per heavy atom. The zero-order valence-electron chi connectivity index (χ0n) is 15.4. The SMILES string of the molecule is O=C(O)[C@@]1(c2ccc(Cl)cc2)C[C@H]1CN1CCN(Cc2ccccc2)CC1. The van der Waals surface area contributed by atoms with E-state index in [0.29, 0.717) is 11.4 Å². The minimum absolute atomic E-state index is 0.178. The fraction of sp³-hybridized carbons (Fsp3) is 0.409. The molecule has 2 atom stereocenters. The molecule has 0 spiro atoms. The van der Waals surface area contributed by atoms with Crippen molar-refractivity contribution in [2.24, 2.45) is 5.92 Å². The Balaban J connectivity index is 1.33. The molecule has 1 heterocycles. The third-order valence-corrected chi connectivity index (χ3v) is 6.29. The van der Waals surface area contributed by atoms with Crippen LogP contribution in [0.1, 0.15) is 17.5 Å². The highest BCUT2D eigenvalue weighted by Crippen LogP contribution is 2.55. The zero-order chi connectivity index (χ0) is 18.9. The summed E-state index contributed by atoms with van der Waals surface area (Å²) in [4.78, 5) is 16.9. The average molecular weight is 385 g/mol. The Bertz CT molecular complexity index is 788. The maximum Gasteiger partial charge on any atom is 0.314 e. The lowest BCUT2D eigenvalue weighted by atomic mass is 9.93. The Morgan fingerprint density at radius 2 is 1.63 bits per heavy atom. The topological polar surface area (TPSA) is 43.8 Å². The van der Waals surface area contributed by atoms with E-state index in [9.17, 15) is 9.90 Å². The first-order valence-corrected chi connectivity index (χ1v) is 9.94. The molecule has 1 aliphatic carbocycles. The van der Waals surface area contributed by atoms with Crippen LogP contribution in [0.5, 0.6) is 0 Å². The van der Waals surface area contributed by atoms with Crippen molar-refractivity contribution in [2.75, 3.05) is 32.7 Å². The minimum Gasteiger partial charge on any atom is -0.481 e. The molecule has 2 aliphatic rings. The van der Waals surface area contributed by atoms with Crippen molar-refractivity contribution in [3.05, 3.63) is 70.7 Å². The van der Waals surface area contributed by atoms with Crippen molar-refractivity contribution >= 4 is 17.6 Å². The lowest BCUT2D eigenvalue weighted by molar-refractivity contribution is -0.140. The van der Waals surface area contributed by atoms with Crippen LogP contribution in [0.3, 0.4) is 0 Å². The Labute approximate surface area is 165 Å². The molecule has 27 heavy (non-hydrogen) atoms. The van der Waals surface area contributed by atoms with Gasteiger partial charge in [0.25, 0.3) is 0 Å². The standard InChI is InChI=1S/C22H25ClN2O2/c23-20-8-6-18(7-9-20)22(21(26)27)14-19(22)16-25-12-10-24(11-13-25)15-17-4-2-1-3-5-17/h1-9,19H,10-16H2,(H,26,27)/t19-,22+/m0/s1. The van der Waals surface area contributed by atoms with E-state index in [1.165, 1.54) is 5.56 Å². The third-order valence-electron chi connectivity index (χ3n) is 6.04. The molecule has 142 valence electrons. The van der Waals surface area contributed by atoms with Crippen molar-refractivity contribution in [1.82, 2.24) is 9.80 Å². The number of carboxylic acids is 1. The van der Waals surface area contributed by atoms with Gasteiger partial charge in [0.1, 0.15) is 0 Å². The van der Waals surface area contributed by atoms with E-state index in [4.69, 9.17) is 11.6 Å². The van der Waals surface area contributed by atoms with Crippen LogP contribution < -0.4 is 0 Å². The molecule has 4 nitrogen and oxygen atoms in total. The predicted octanol–water partition coefficient (Wildman–Crippen LogP) is 3.50. The van der Waals surface area contributed by atoms with Gasteiger partial charge in [-0.1, -0.05) is 54.1 Å². The number of hydrogen-bond acceptors (Lipinski definition) is 3. The molecule has 0 aromatic heterocycles. The van der Waals surface area contributed by atoms with E-state index in [-0.39, 0.29) is 5.92 Å². The fourth-order valence-electron chi connectivity index (χ4n) is 4.32. The van der Waals surface area contributed by atoms with Gasteiger partial charge in [-0.25, -0.2) is 0 Å². The molecular formula is C22H25ClN2O2. The first-order valence-electron chi connectivity index (χ1n) is 9.56. The van der Waals surface area contributed by atoms with Crippen LogP contribution >= 0.6 is 11.6 Å². The van der Waals surface area contributed by atoms with E-state index in [0.717, 1.165) is 44.8 Å². The zero-order valence-corrected chi connectivity index (χ0v) is 16.1. The quantitative estimate of drug-likeness (QED) is 0.827. The molecule has 5 heteroatoms. The maximum atomic E-state index is 12.0. The molecule has 0 unspecified atom stereocenters. The first kappa shape index (κ1) is 18.5. The first-order chi connectivity index (χ1) is 13.1. The number of carboxylic acid groups (broad SMARTS) is 1.